The highest BCUT2D eigenvalue weighted by atomic mass is 16.7. The van der Waals surface area contributed by atoms with Crippen LogP contribution < -0.4 is 0 Å². The second-order valence-electron chi connectivity index (χ2n) is 4.51. The first-order valence-electron chi connectivity index (χ1n) is 6.13. The van der Waals surface area contributed by atoms with Crippen molar-refractivity contribution in [1.29, 1.82) is 0 Å². The lowest BCUT2D eigenvalue weighted by Gasteiger charge is -2.27. The Labute approximate surface area is 107 Å². The Kier molecular flexibility index (Phi) is 5.74. The lowest BCUT2D eigenvalue weighted by molar-refractivity contribution is -0.0295. The summed E-state index contributed by atoms with van der Waals surface area (Å²) in [4.78, 5) is 22.2. The van der Waals surface area contributed by atoms with Crippen LogP contribution in [-0.4, -0.2) is 37.7 Å². The molecule has 1 saturated carbocycles. The van der Waals surface area contributed by atoms with Crippen LogP contribution >= 0.6 is 0 Å². The summed E-state index contributed by atoms with van der Waals surface area (Å²) in [6.45, 7) is 3.53. The Morgan fingerprint density at radius 3 is 1.78 bits per heavy atom. The van der Waals surface area contributed by atoms with E-state index in [0.717, 1.165) is 0 Å². The highest BCUT2D eigenvalue weighted by molar-refractivity contribution is 5.60. The summed E-state index contributed by atoms with van der Waals surface area (Å²) in [6.07, 6.45) is 0.845. The molecule has 0 N–H and O–H groups in total. The van der Waals surface area contributed by atoms with Crippen molar-refractivity contribution >= 4 is 12.3 Å². The zero-order chi connectivity index (χ0) is 13.5. The molecule has 6 heteroatoms. The summed E-state index contributed by atoms with van der Waals surface area (Å²) in [6, 6.07) is 0. The molecule has 0 unspecified atom stereocenters. The van der Waals surface area contributed by atoms with Crippen LogP contribution in [0, 0.1) is 0 Å². The Bertz CT molecular complexity index is 280. The fraction of sp³-hybridized carbons (Fsp3) is 0.833. The Morgan fingerprint density at radius 2 is 1.39 bits per heavy atom. The Balaban J connectivity index is 2.23. The molecule has 6 nitrogen and oxygen atoms in total. The molecule has 1 aliphatic rings. The number of rotatable bonds is 3. The van der Waals surface area contributed by atoms with Crippen molar-refractivity contribution in [3.8, 4) is 0 Å². The Morgan fingerprint density at radius 1 is 0.944 bits per heavy atom. The van der Waals surface area contributed by atoms with Gasteiger partial charge in [-0.15, -0.1) is 0 Å². The standard InChI is InChI=1S/C12H20O6/c1-8(2)16-12(14)18-10-6-4-9(5-7-10)17-11(13)15-3/h8-10H,4-7H2,1-3H3. The van der Waals surface area contributed by atoms with E-state index < -0.39 is 12.3 Å². The average Bonchev–Trinajstić information content (AvgIpc) is 2.30. The van der Waals surface area contributed by atoms with Crippen molar-refractivity contribution in [2.24, 2.45) is 0 Å². The molecule has 0 heterocycles. The summed E-state index contributed by atoms with van der Waals surface area (Å²) < 4.78 is 19.5. The SMILES string of the molecule is COC(=O)OC1CCC(OC(=O)OC(C)C)CC1. The lowest BCUT2D eigenvalue weighted by atomic mass is 9.95. The third kappa shape index (κ3) is 5.25. The smallest absolute Gasteiger partial charge is 0.438 e. The molecule has 0 aliphatic heterocycles. The van der Waals surface area contributed by atoms with Gasteiger partial charge in [0.2, 0.25) is 0 Å². The molecular weight excluding hydrogens is 240 g/mol. The second-order valence-corrected chi connectivity index (χ2v) is 4.51. The number of hydrogen-bond donors (Lipinski definition) is 0. The van der Waals surface area contributed by atoms with Crippen molar-refractivity contribution in [3.05, 3.63) is 0 Å². The molecule has 0 atom stereocenters. The van der Waals surface area contributed by atoms with Crippen molar-refractivity contribution in [1.82, 2.24) is 0 Å². The van der Waals surface area contributed by atoms with Crippen LogP contribution in [0.3, 0.4) is 0 Å². The van der Waals surface area contributed by atoms with E-state index in [2.05, 4.69) is 4.74 Å². The van der Waals surface area contributed by atoms with Gasteiger partial charge in [-0.1, -0.05) is 0 Å². The van der Waals surface area contributed by atoms with Gasteiger partial charge in [-0.05, 0) is 39.5 Å². The monoisotopic (exact) mass is 260 g/mol. The minimum absolute atomic E-state index is 0.154. The molecule has 0 aromatic heterocycles. The maximum absolute atomic E-state index is 11.3. The molecule has 0 radical (unpaired) electrons. The van der Waals surface area contributed by atoms with Crippen molar-refractivity contribution in [2.75, 3.05) is 7.11 Å². The largest absolute Gasteiger partial charge is 0.508 e. The topological polar surface area (TPSA) is 71.1 Å². The van der Waals surface area contributed by atoms with Gasteiger partial charge in [-0.3, -0.25) is 0 Å². The number of ether oxygens (including phenoxy) is 4. The summed E-state index contributed by atoms with van der Waals surface area (Å²) in [5.41, 5.74) is 0. The number of carbonyl (C=O) groups is 2. The van der Waals surface area contributed by atoms with Crippen LogP contribution in [0.2, 0.25) is 0 Å². The van der Waals surface area contributed by atoms with E-state index >= 15 is 0 Å². The number of methoxy groups -OCH3 is 1. The number of carbonyl (C=O) groups excluding carboxylic acids is 2. The molecule has 104 valence electrons. The lowest BCUT2D eigenvalue weighted by Crippen LogP contribution is -2.30. The second kappa shape index (κ2) is 7.08. The van der Waals surface area contributed by atoms with Crippen LogP contribution in [0.5, 0.6) is 0 Å². The quantitative estimate of drug-likeness (QED) is 0.726. The maximum Gasteiger partial charge on any atom is 0.508 e. The predicted octanol–water partition coefficient (Wildman–Crippen LogP) is 2.64. The Hall–Kier alpha value is -1.46. The van der Waals surface area contributed by atoms with Crippen LogP contribution in [0.4, 0.5) is 9.59 Å². The molecule has 1 fully saturated rings. The van der Waals surface area contributed by atoms with E-state index in [1.54, 1.807) is 13.8 Å². The molecule has 0 amide bonds. The normalized spacial score (nSPS) is 23.3. The molecule has 0 aromatic carbocycles. The van der Waals surface area contributed by atoms with Crippen LogP contribution in [0.25, 0.3) is 0 Å². The van der Waals surface area contributed by atoms with Crippen molar-refractivity contribution < 1.29 is 28.5 Å². The molecule has 1 rings (SSSR count). The predicted molar refractivity (Wildman–Crippen MR) is 62.2 cm³/mol. The zero-order valence-corrected chi connectivity index (χ0v) is 11.0. The zero-order valence-electron chi connectivity index (χ0n) is 11.0. The van der Waals surface area contributed by atoms with Gasteiger partial charge in [0.05, 0.1) is 13.2 Å². The number of hydrogen-bond acceptors (Lipinski definition) is 6. The van der Waals surface area contributed by atoms with E-state index in [0.29, 0.717) is 25.7 Å². The summed E-state index contributed by atoms with van der Waals surface area (Å²) in [5, 5.41) is 0. The third-order valence-electron chi connectivity index (χ3n) is 2.65. The summed E-state index contributed by atoms with van der Waals surface area (Å²) >= 11 is 0. The van der Waals surface area contributed by atoms with Gasteiger partial charge in [0, 0.05) is 0 Å². The van der Waals surface area contributed by atoms with E-state index in [1.165, 1.54) is 7.11 Å². The molecular formula is C12H20O6. The van der Waals surface area contributed by atoms with Gasteiger partial charge in [0.25, 0.3) is 0 Å². The summed E-state index contributed by atoms with van der Waals surface area (Å²) in [7, 11) is 1.28. The maximum atomic E-state index is 11.3. The minimum Gasteiger partial charge on any atom is -0.438 e. The van der Waals surface area contributed by atoms with E-state index in [4.69, 9.17) is 14.2 Å². The van der Waals surface area contributed by atoms with E-state index in [1.807, 2.05) is 0 Å². The van der Waals surface area contributed by atoms with Crippen LogP contribution in [0.1, 0.15) is 39.5 Å². The van der Waals surface area contributed by atoms with Crippen LogP contribution in [-0.2, 0) is 18.9 Å². The van der Waals surface area contributed by atoms with Crippen LogP contribution in [0.15, 0.2) is 0 Å². The molecule has 18 heavy (non-hydrogen) atoms. The van der Waals surface area contributed by atoms with Gasteiger partial charge >= 0.3 is 12.3 Å². The highest BCUT2D eigenvalue weighted by Crippen LogP contribution is 2.24. The van der Waals surface area contributed by atoms with Gasteiger partial charge in [0.1, 0.15) is 12.2 Å². The van der Waals surface area contributed by atoms with Gasteiger partial charge in [0.15, 0.2) is 0 Å². The van der Waals surface area contributed by atoms with Gasteiger partial charge < -0.3 is 18.9 Å². The molecule has 0 aromatic rings. The molecule has 1 aliphatic carbocycles. The minimum atomic E-state index is -0.668. The summed E-state index contributed by atoms with van der Waals surface area (Å²) in [5.74, 6) is 0. The first kappa shape index (κ1) is 14.6. The van der Waals surface area contributed by atoms with Crippen molar-refractivity contribution in [2.45, 2.75) is 57.8 Å². The molecule has 0 spiro atoms. The van der Waals surface area contributed by atoms with Gasteiger partial charge in [-0.2, -0.15) is 0 Å². The molecule has 0 bridgehead atoms. The average molecular weight is 260 g/mol. The molecule has 0 saturated heterocycles. The fourth-order valence-electron chi connectivity index (χ4n) is 1.81. The van der Waals surface area contributed by atoms with E-state index in [-0.39, 0.29) is 18.3 Å². The van der Waals surface area contributed by atoms with Gasteiger partial charge in [-0.25, -0.2) is 9.59 Å². The third-order valence-corrected chi connectivity index (χ3v) is 2.65. The van der Waals surface area contributed by atoms with E-state index in [9.17, 15) is 9.59 Å². The van der Waals surface area contributed by atoms with Crippen molar-refractivity contribution in [3.63, 3.8) is 0 Å². The first-order chi connectivity index (χ1) is 8.51. The highest BCUT2D eigenvalue weighted by Gasteiger charge is 2.27. The fourth-order valence-corrected chi connectivity index (χ4v) is 1.81. The first-order valence-corrected chi connectivity index (χ1v) is 6.13.